The average Bonchev–Trinajstić information content (AvgIpc) is 3.50. The minimum atomic E-state index is -0.0586. The maximum absolute atomic E-state index is 12.9. The second kappa shape index (κ2) is 10.2. The predicted molar refractivity (Wildman–Crippen MR) is 134 cm³/mol. The standard InChI is InChI=1S/C26H28ClN5O3/c1-17-4-9-21(15-22(17)32-12-2-3-24(32)33)28-26(34)19-10-13-31(14-11-19)16-23-29-25(30-35-23)18-5-7-20(27)8-6-18/h4-9,15,19H,2-3,10-14,16H2,1H3,(H,28,34). The van der Waals surface area contributed by atoms with E-state index in [0.717, 1.165) is 61.4 Å². The number of amides is 2. The Kier molecular flexibility index (Phi) is 6.83. The second-order valence-corrected chi connectivity index (χ2v) is 9.64. The van der Waals surface area contributed by atoms with Crippen LogP contribution >= 0.6 is 11.6 Å². The quantitative estimate of drug-likeness (QED) is 0.536. The SMILES string of the molecule is Cc1ccc(NC(=O)C2CCN(Cc3nc(-c4ccc(Cl)cc4)no3)CC2)cc1N1CCCC1=O. The van der Waals surface area contributed by atoms with Crippen molar-refractivity contribution in [3.63, 3.8) is 0 Å². The lowest BCUT2D eigenvalue weighted by atomic mass is 9.95. The smallest absolute Gasteiger partial charge is 0.241 e. The number of hydrogen-bond acceptors (Lipinski definition) is 6. The van der Waals surface area contributed by atoms with Crippen molar-refractivity contribution in [3.8, 4) is 11.4 Å². The molecule has 2 saturated heterocycles. The number of halogens is 1. The van der Waals surface area contributed by atoms with E-state index in [1.54, 1.807) is 12.1 Å². The van der Waals surface area contributed by atoms with E-state index in [9.17, 15) is 9.59 Å². The van der Waals surface area contributed by atoms with Crippen molar-refractivity contribution in [1.82, 2.24) is 15.0 Å². The Morgan fingerprint density at radius 1 is 1.14 bits per heavy atom. The normalized spacial score (nSPS) is 17.2. The Hall–Kier alpha value is -3.23. The highest BCUT2D eigenvalue weighted by molar-refractivity contribution is 6.30. The number of likely N-dealkylation sites (tertiary alicyclic amines) is 1. The van der Waals surface area contributed by atoms with E-state index in [1.807, 2.05) is 42.2 Å². The maximum Gasteiger partial charge on any atom is 0.241 e. The molecule has 0 saturated carbocycles. The molecule has 0 unspecified atom stereocenters. The molecule has 1 N–H and O–H groups in total. The summed E-state index contributed by atoms with van der Waals surface area (Å²) in [5.74, 6) is 1.21. The third-order valence-corrected chi connectivity index (χ3v) is 6.98. The van der Waals surface area contributed by atoms with E-state index in [4.69, 9.17) is 16.1 Å². The number of rotatable bonds is 6. The number of aromatic nitrogens is 2. The number of carbonyl (C=O) groups excluding carboxylic acids is 2. The Morgan fingerprint density at radius 2 is 1.91 bits per heavy atom. The molecule has 9 heteroatoms. The average molecular weight is 494 g/mol. The number of piperidine rings is 1. The first kappa shape index (κ1) is 23.5. The van der Waals surface area contributed by atoms with E-state index in [0.29, 0.717) is 29.7 Å². The molecule has 182 valence electrons. The fraction of sp³-hybridized carbons (Fsp3) is 0.385. The number of benzene rings is 2. The van der Waals surface area contributed by atoms with Crippen LogP contribution in [-0.4, -0.2) is 46.5 Å². The summed E-state index contributed by atoms with van der Waals surface area (Å²) in [6.07, 6.45) is 2.97. The Morgan fingerprint density at radius 3 is 2.63 bits per heavy atom. The molecule has 3 aromatic rings. The van der Waals surface area contributed by atoms with Gasteiger partial charge < -0.3 is 14.7 Å². The molecule has 3 heterocycles. The van der Waals surface area contributed by atoms with Gasteiger partial charge in [0.15, 0.2) is 0 Å². The molecule has 2 aliphatic heterocycles. The minimum absolute atomic E-state index is 0.0232. The molecule has 5 rings (SSSR count). The maximum atomic E-state index is 12.9. The number of nitrogens with zero attached hydrogens (tertiary/aromatic N) is 4. The molecule has 2 amide bonds. The van der Waals surface area contributed by atoms with Crippen LogP contribution < -0.4 is 10.2 Å². The van der Waals surface area contributed by atoms with E-state index in [-0.39, 0.29) is 17.7 Å². The summed E-state index contributed by atoms with van der Waals surface area (Å²) in [5.41, 5.74) is 3.51. The number of carbonyl (C=O) groups is 2. The third-order valence-electron chi connectivity index (χ3n) is 6.73. The van der Waals surface area contributed by atoms with Crippen molar-refractivity contribution in [2.45, 2.75) is 39.2 Å². The zero-order valence-corrected chi connectivity index (χ0v) is 20.4. The molecule has 2 aromatic carbocycles. The summed E-state index contributed by atoms with van der Waals surface area (Å²) in [4.78, 5) is 33.7. The summed E-state index contributed by atoms with van der Waals surface area (Å²) >= 11 is 5.94. The highest BCUT2D eigenvalue weighted by Crippen LogP contribution is 2.29. The molecule has 8 nitrogen and oxygen atoms in total. The molecule has 35 heavy (non-hydrogen) atoms. The van der Waals surface area contributed by atoms with E-state index in [1.165, 1.54) is 0 Å². The van der Waals surface area contributed by atoms with Gasteiger partial charge in [-0.1, -0.05) is 22.8 Å². The monoisotopic (exact) mass is 493 g/mol. The van der Waals surface area contributed by atoms with E-state index in [2.05, 4.69) is 20.4 Å². The van der Waals surface area contributed by atoms with Crippen LogP contribution in [0, 0.1) is 12.8 Å². The predicted octanol–water partition coefficient (Wildman–Crippen LogP) is 4.68. The van der Waals surface area contributed by atoms with Crippen molar-refractivity contribution >= 4 is 34.8 Å². The Balaban J connectivity index is 1.14. The first-order valence-electron chi connectivity index (χ1n) is 12.0. The van der Waals surface area contributed by atoms with Crippen molar-refractivity contribution in [2.24, 2.45) is 5.92 Å². The summed E-state index contributed by atoms with van der Waals surface area (Å²) in [6, 6.07) is 13.1. The van der Waals surface area contributed by atoms with Gasteiger partial charge in [0.1, 0.15) is 0 Å². The largest absolute Gasteiger partial charge is 0.338 e. The van der Waals surface area contributed by atoms with Crippen LogP contribution in [0.2, 0.25) is 5.02 Å². The van der Waals surface area contributed by atoms with Crippen LogP contribution in [0.25, 0.3) is 11.4 Å². The molecule has 2 aliphatic rings. The van der Waals surface area contributed by atoms with Crippen LogP contribution in [0.3, 0.4) is 0 Å². The number of hydrogen-bond donors (Lipinski definition) is 1. The molecule has 2 fully saturated rings. The van der Waals surface area contributed by atoms with Gasteiger partial charge in [0.25, 0.3) is 0 Å². The number of anilines is 2. The summed E-state index contributed by atoms with van der Waals surface area (Å²) in [6.45, 7) is 4.83. The number of nitrogens with one attached hydrogen (secondary N) is 1. The lowest BCUT2D eigenvalue weighted by Crippen LogP contribution is -2.37. The van der Waals surface area contributed by atoms with Crippen LogP contribution in [-0.2, 0) is 16.1 Å². The molecule has 0 aliphatic carbocycles. The van der Waals surface area contributed by atoms with Gasteiger partial charge in [-0.3, -0.25) is 14.5 Å². The fourth-order valence-electron chi connectivity index (χ4n) is 4.70. The molecule has 0 radical (unpaired) electrons. The molecular weight excluding hydrogens is 466 g/mol. The third kappa shape index (κ3) is 5.39. The molecule has 0 atom stereocenters. The Labute approximate surface area is 209 Å². The minimum Gasteiger partial charge on any atom is -0.338 e. The van der Waals surface area contributed by atoms with Crippen LogP contribution in [0.5, 0.6) is 0 Å². The van der Waals surface area contributed by atoms with Gasteiger partial charge in [0, 0.05) is 40.8 Å². The first-order valence-corrected chi connectivity index (χ1v) is 12.4. The van der Waals surface area contributed by atoms with E-state index >= 15 is 0 Å². The van der Waals surface area contributed by atoms with Crippen molar-refractivity contribution in [3.05, 3.63) is 58.9 Å². The van der Waals surface area contributed by atoms with Gasteiger partial charge in [-0.05, 0) is 81.2 Å². The van der Waals surface area contributed by atoms with Gasteiger partial charge in [-0.2, -0.15) is 4.98 Å². The molecular formula is C26H28ClN5O3. The summed E-state index contributed by atoms with van der Waals surface area (Å²) in [5, 5.41) is 7.80. The lowest BCUT2D eigenvalue weighted by Gasteiger charge is -2.30. The fourth-order valence-corrected chi connectivity index (χ4v) is 4.83. The van der Waals surface area contributed by atoms with E-state index < -0.39 is 0 Å². The van der Waals surface area contributed by atoms with Crippen molar-refractivity contribution in [1.29, 1.82) is 0 Å². The topological polar surface area (TPSA) is 91.6 Å². The highest BCUT2D eigenvalue weighted by atomic mass is 35.5. The lowest BCUT2D eigenvalue weighted by molar-refractivity contribution is -0.121. The van der Waals surface area contributed by atoms with Crippen molar-refractivity contribution < 1.29 is 14.1 Å². The highest BCUT2D eigenvalue weighted by Gasteiger charge is 2.27. The zero-order valence-electron chi connectivity index (χ0n) is 19.7. The van der Waals surface area contributed by atoms with Gasteiger partial charge in [-0.15, -0.1) is 0 Å². The molecule has 1 aromatic heterocycles. The zero-order chi connectivity index (χ0) is 24.4. The van der Waals surface area contributed by atoms with Crippen molar-refractivity contribution in [2.75, 3.05) is 29.9 Å². The molecule has 0 spiro atoms. The first-order chi connectivity index (χ1) is 17.0. The van der Waals surface area contributed by atoms with Crippen LogP contribution in [0.15, 0.2) is 47.0 Å². The second-order valence-electron chi connectivity index (χ2n) is 9.21. The van der Waals surface area contributed by atoms with Gasteiger partial charge in [0.2, 0.25) is 23.5 Å². The van der Waals surface area contributed by atoms with Gasteiger partial charge >= 0.3 is 0 Å². The summed E-state index contributed by atoms with van der Waals surface area (Å²) < 4.78 is 5.43. The molecule has 0 bridgehead atoms. The van der Waals surface area contributed by atoms with Gasteiger partial charge in [-0.25, -0.2) is 0 Å². The number of aryl methyl sites for hydroxylation is 1. The van der Waals surface area contributed by atoms with Crippen LogP contribution in [0.4, 0.5) is 11.4 Å². The van der Waals surface area contributed by atoms with Crippen LogP contribution in [0.1, 0.15) is 37.1 Å². The Bertz CT molecular complexity index is 1220. The van der Waals surface area contributed by atoms with Gasteiger partial charge in [0.05, 0.1) is 6.54 Å². The summed E-state index contributed by atoms with van der Waals surface area (Å²) in [7, 11) is 0.